The lowest BCUT2D eigenvalue weighted by molar-refractivity contribution is -0.144. The largest absolute Gasteiger partial charge is 0.352 e. The maximum Gasteiger partial charge on any atom is 0.243 e. The van der Waals surface area contributed by atoms with Crippen molar-refractivity contribution in [3.05, 3.63) is 82.9 Å². The lowest BCUT2D eigenvalue weighted by atomic mass is 9.85. The third-order valence-corrected chi connectivity index (χ3v) is 8.64. The van der Waals surface area contributed by atoms with Gasteiger partial charge in [-0.2, -0.15) is 0 Å². The number of benzene rings is 2. The first-order valence-electron chi connectivity index (χ1n) is 14.3. The molecular formula is C32H36ClN3O4. The summed E-state index contributed by atoms with van der Waals surface area (Å²) in [6.07, 6.45) is 9.37. The summed E-state index contributed by atoms with van der Waals surface area (Å²) in [6.45, 7) is 0.228. The summed E-state index contributed by atoms with van der Waals surface area (Å²) >= 11 is 6.11. The zero-order valence-corrected chi connectivity index (χ0v) is 23.4. The predicted molar refractivity (Wildman–Crippen MR) is 153 cm³/mol. The molecule has 1 saturated carbocycles. The molecule has 2 fully saturated rings. The Bertz CT molecular complexity index is 1230. The normalized spacial score (nSPS) is 21.4. The van der Waals surface area contributed by atoms with Crippen molar-refractivity contribution >= 4 is 35.2 Å². The lowest BCUT2D eigenvalue weighted by Gasteiger charge is -2.33. The van der Waals surface area contributed by atoms with E-state index in [1.807, 2.05) is 54.6 Å². The molecule has 0 radical (unpaired) electrons. The van der Waals surface area contributed by atoms with Gasteiger partial charge < -0.3 is 10.2 Å². The van der Waals surface area contributed by atoms with E-state index in [1.165, 1.54) is 4.90 Å². The molecule has 3 aliphatic rings. The molecule has 1 aliphatic heterocycles. The van der Waals surface area contributed by atoms with Gasteiger partial charge in [-0.1, -0.05) is 79.1 Å². The highest BCUT2D eigenvalue weighted by atomic mass is 35.5. The van der Waals surface area contributed by atoms with Crippen molar-refractivity contribution in [2.75, 3.05) is 6.54 Å². The van der Waals surface area contributed by atoms with Gasteiger partial charge in [0.05, 0.1) is 11.8 Å². The molecule has 2 aromatic carbocycles. The van der Waals surface area contributed by atoms with E-state index >= 15 is 0 Å². The smallest absolute Gasteiger partial charge is 0.243 e. The predicted octanol–water partition coefficient (Wildman–Crippen LogP) is 4.68. The Morgan fingerprint density at radius 3 is 2.15 bits per heavy atom. The van der Waals surface area contributed by atoms with Crippen LogP contribution >= 0.6 is 11.6 Å². The molecule has 8 heteroatoms. The number of likely N-dealkylation sites (tertiary alicyclic amines) is 1. The number of hydrogen-bond donors (Lipinski definition) is 1. The quantitative estimate of drug-likeness (QED) is 0.337. The number of allylic oxidation sites excluding steroid dienone is 2. The minimum atomic E-state index is -0.747. The van der Waals surface area contributed by atoms with Gasteiger partial charge in [0.25, 0.3) is 0 Å². The molecule has 2 aliphatic carbocycles. The van der Waals surface area contributed by atoms with Crippen molar-refractivity contribution in [1.82, 2.24) is 15.1 Å². The van der Waals surface area contributed by atoms with E-state index in [2.05, 4.69) is 5.32 Å². The fraction of sp³-hybridized carbons (Fsp3) is 0.438. The molecule has 3 atom stereocenters. The van der Waals surface area contributed by atoms with Crippen LogP contribution in [0.5, 0.6) is 0 Å². The number of rotatable bonds is 10. The van der Waals surface area contributed by atoms with Crippen LogP contribution in [-0.4, -0.2) is 52.1 Å². The molecule has 7 nitrogen and oxygen atoms in total. The molecule has 0 bridgehead atoms. The number of carbonyl (C=O) groups excluding carboxylic acids is 4. The van der Waals surface area contributed by atoms with Crippen molar-refractivity contribution in [1.29, 1.82) is 0 Å². The highest BCUT2D eigenvalue weighted by Gasteiger charge is 2.47. The van der Waals surface area contributed by atoms with E-state index in [0.29, 0.717) is 24.3 Å². The molecule has 5 rings (SSSR count). The highest BCUT2D eigenvalue weighted by molar-refractivity contribution is 6.30. The van der Waals surface area contributed by atoms with Crippen LogP contribution in [-0.2, 0) is 32.1 Å². The molecule has 1 saturated heterocycles. The van der Waals surface area contributed by atoms with E-state index in [9.17, 15) is 19.2 Å². The molecule has 0 spiro atoms. The Hall–Kier alpha value is -3.45. The SMILES string of the molecule is O=C(NC1CCCC1)[C@@H](Cc1ccccc1)N(Cc1ccc(Cl)cc1)C(=O)CCN1C(=O)[C@H]2CC=CC[C@H]2C1=O. The van der Waals surface area contributed by atoms with E-state index in [1.54, 1.807) is 17.0 Å². The summed E-state index contributed by atoms with van der Waals surface area (Å²) in [6, 6.07) is 16.3. The number of fused-ring (bicyclic) bond motifs is 1. The molecule has 1 N–H and O–H groups in total. The lowest BCUT2D eigenvalue weighted by Crippen LogP contribution is -2.52. The van der Waals surface area contributed by atoms with Crippen LogP contribution in [0.2, 0.25) is 5.02 Å². The van der Waals surface area contributed by atoms with Gasteiger partial charge in [-0.25, -0.2) is 0 Å². The maximum absolute atomic E-state index is 13.9. The van der Waals surface area contributed by atoms with Gasteiger partial charge in [0, 0.05) is 37.0 Å². The fourth-order valence-electron chi connectivity index (χ4n) is 6.15. The van der Waals surface area contributed by atoms with Crippen LogP contribution in [0.3, 0.4) is 0 Å². The van der Waals surface area contributed by atoms with Crippen molar-refractivity contribution < 1.29 is 19.2 Å². The molecule has 40 heavy (non-hydrogen) atoms. The zero-order valence-electron chi connectivity index (χ0n) is 22.6. The minimum Gasteiger partial charge on any atom is -0.352 e. The molecule has 2 aromatic rings. The fourth-order valence-corrected chi connectivity index (χ4v) is 6.27. The maximum atomic E-state index is 13.9. The molecule has 0 aromatic heterocycles. The summed E-state index contributed by atoms with van der Waals surface area (Å²) in [5.74, 6) is -1.51. The Morgan fingerprint density at radius 1 is 0.900 bits per heavy atom. The number of imide groups is 1. The first-order chi connectivity index (χ1) is 19.4. The van der Waals surface area contributed by atoms with Crippen LogP contribution in [0, 0.1) is 11.8 Å². The van der Waals surface area contributed by atoms with Gasteiger partial charge in [-0.3, -0.25) is 24.1 Å². The Balaban J connectivity index is 1.38. The van der Waals surface area contributed by atoms with Crippen molar-refractivity contribution in [2.24, 2.45) is 11.8 Å². The van der Waals surface area contributed by atoms with Crippen LogP contribution in [0.1, 0.15) is 56.1 Å². The van der Waals surface area contributed by atoms with E-state index in [4.69, 9.17) is 11.6 Å². The van der Waals surface area contributed by atoms with Crippen LogP contribution in [0.25, 0.3) is 0 Å². The Kier molecular flexibility index (Phi) is 9.00. The zero-order chi connectivity index (χ0) is 28.1. The van der Waals surface area contributed by atoms with Crippen molar-refractivity contribution in [3.63, 3.8) is 0 Å². The summed E-state index contributed by atoms with van der Waals surface area (Å²) in [4.78, 5) is 56.6. The Morgan fingerprint density at radius 2 is 1.52 bits per heavy atom. The van der Waals surface area contributed by atoms with Gasteiger partial charge in [-0.15, -0.1) is 0 Å². The molecule has 210 valence electrons. The summed E-state index contributed by atoms with van der Waals surface area (Å²) in [7, 11) is 0. The average molecular weight is 562 g/mol. The van der Waals surface area contributed by atoms with Crippen molar-refractivity contribution in [2.45, 2.75) is 70.0 Å². The molecule has 4 amide bonds. The summed E-state index contributed by atoms with van der Waals surface area (Å²) in [5, 5.41) is 3.78. The number of halogens is 1. The van der Waals surface area contributed by atoms with Crippen LogP contribution in [0.4, 0.5) is 0 Å². The number of nitrogens with zero attached hydrogens (tertiary/aromatic N) is 2. The molecule has 0 unspecified atom stereocenters. The van der Waals surface area contributed by atoms with E-state index < -0.39 is 6.04 Å². The second-order valence-electron chi connectivity index (χ2n) is 11.1. The van der Waals surface area contributed by atoms with Crippen LogP contribution < -0.4 is 5.32 Å². The third-order valence-electron chi connectivity index (χ3n) is 8.39. The first-order valence-corrected chi connectivity index (χ1v) is 14.7. The number of hydrogen-bond acceptors (Lipinski definition) is 4. The molecule has 1 heterocycles. The highest BCUT2D eigenvalue weighted by Crippen LogP contribution is 2.35. The van der Waals surface area contributed by atoms with Gasteiger partial charge in [0.1, 0.15) is 6.04 Å². The monoisotopic (exact) mass is 561 g/mol. The van der Waals surface area contributed by atoms with E-state index in [-0.39, 0.29) is 61.0 Å². The number of nitrogens with one attached hydrogen (secondary N) is 1. The first kappa shape index (κ1) is 28.1. The second kappa shape index (κ2) is 12.8. The average Bonchev–Trinajstić information content (AvgIpc) is 3.57. The number of carbonyl (C=O) groups is 4. The third kappa shape index (κ3) is 6.47. The molecular weight excluding hydrogens is 526 g/mol. The standard InChI is InChI=1S/C32H36ClN3O4/c33-24-16-14-23(15-17-24)21-36(29(37)18-19-35-31(39)26-12-6-7-13-27(26)32(35)40)28(20-22-8-2-1-3-9-22)30(38)34-25-10-4-5-11-25/h1-3,6-9,14-17,25-28H,4-5,10-13,18-21H2,(H,34,38)/t26-,27+,28-/m1/s1. The van der Waals surface area contributed by atoms with Crippen molar-refractivity contribution in [3.8, 4) is 0 Å². The Labute approximate surface area is 240 Å². The van der Waals surface area contributed by atoms with Gasteiger partial charge in [0.2, 0.25) is 23.6 Å². The van der Waals surface area contributed by atoms with Gasteiger partial charge >= 0.3 is 0 Å². The van der Waals surface area contributed by atoms with Gasteiger partial charge in [-0.05, 0) is 48.9 Å². The van der Waals surface area contributed by atoms with Gasteiger partial charge in [0.15, 0.2) is 0 Å². The summed E-state index contributed by atoms with van der Waals surface area (Å²) < 4.78 is 0. The van der Waals surface area contributed by atoms with E-state index in [0.717, 1.165) is 36.8 Å². The number of amides is 4. The second-order valence-corrected chi connectivity index (χ2v) is 11.5. The minimum absolute atomic E-state index is 0.0168. The summed E-state index contributed by atoms with van der Waals surface area (Å²) in [5.41, 5.74) is 1.79. The van der Waals surface area contributed by atoms with Crippen LogP contribution in [0.15, 0.2) is 66.7 Å². The topological polar surface area (TPSA) is 86.8 Å².